The predicted molar refractivity (Wildman–Crippen MR) is 176 cm³/mol. The molecule has 1 amide bonds. The standard InChI is InChI=1S/C36H45N3O6/c1-25-6-8-26(9-7-25)21-37-35(43)31-23-39(16-17-44-18-19-45-36(2,3)4)32-15-10-27(20-30(32)34(31)42)22-38(5)24-33(41)28-11-13-29(40)14-12-28/h6-15,20,23,33,40-41H,16-19,21-22,24H2,1-5H3,(H,37,43). The van der Waals surface area contributed by atoms with Crippen molar-refractivity contribution in [1.29, 1.82) is 0 Å². The Morgan fingerprint density at radius 2 is 1.67 bits per heavy atom. The van der Waals surface area contributed by atoms with E-state index in [0.29, 0.717) is 62.5 Å². The zero-order valence-corrected chi connectivity index (χ0v) is 26.9. The molecule has 45 heavy (non-hydrogen) atoms. The SMILES string of the molecule is Cc1ccc(CNC(=O)c2cn(CCOCCOC(C)(C)C)c3ccc(CN(C)CC(O)c4ccc(O)cc4)cc3c2=O)cc1. The van der Waals surface area contributed by atoms with Crippen molar-refractivity contribution in [2.75, 3.05) is 33.4 Å². The van der Waals surface area contributed by atoms with Gasteiger partial charge in [-0.15, -0.1) is 0 Å². The molecule has 0 spiro atoms. The second-order valence-electron chi connectivity index (χ2n) is 12.5. The molecule has 240 valence electrons. The van der Waals surface area contributed by atoms with E-state index in [2.05, 4.69) is 5.32 Å². The van der Waals surface area contributed by atoms with Gasteiger partial charge in [-0.3, -0.25) is 14.5 Å². The topological polar surface area (TPSA) is 113 Å². The summed E-state index contributed by atoms with van der Waals surface area (Å²) in [6.07, 6.45) is 0.871. The first-order chi connectivity index (χ1) is 21.4. The highest BCUT2D eigenvalue weighted by molar-refractivity contribution is 5.97. The highest BCUT2D eigenvalue weighted by atomic mass is 16.5. The van der Waals surface area contributed by atoms with Gasteiger partial charge in [-0.25, -0.2) is 0 Å². The molecule has 9 heteroatoms. The average molecular weight is 616 g/mol. The Kier molecular flexibility index (Phi) is 11.5. The number of aromatic hydroxyl groups is 1. The van der Waals surface area contributed by atoms with Crippen LogP contribution in [-0.2, 0) is 29.1 Å². The van der Waals surface area contributed by atoms with E-state index in [1.54, 1.807) is 30.5 Å². The van der Waals surface area contributed by atoms with Gasteiger partial charge in [-0.05, 0) is 75.7 Å². The molecule has 0 saturated heterocycles. The van der Waals surface area contributed by atoms with Crippen molar-refractivity contribution in [1.82, 2.24) is 14.8 Å². The van der Waals surface area contributed by atoms with Crippen LogP contribution in [0.4, 0.5) is 0 Å². The fraction of sp³-hybridized carbons (Fsp3) is 0.389. The van der Waals surface area contributed by atoms with Crippen molar-refractivity contribution in [3.8, 4) is 5.75 Å². The minimum atomic E-state index is -0.745. The molecule has 4 rings (SSSR count). The van der Waals surface area contributed by atoms with Crippen LogP contribution < -0.4 is 10.7 Å². The highest BCUT2D eigenvalue weighted by Gasteiger charge is 2.18. The fourth-order valence-corrected chi connectivity index (χ4v) is 5.02. The maximum atomic E-state index is 13.7. The number of fused-ring (bicyclic) bond motifs is 1. The molecule has 0 aliphatic carbocycles. The van der Waals surface area contributed by atoms with Crippen molar-refractivity contribution >= 4 is 16.8 Å². The van der Waals surface area contributed by atoms with E-state index in [-0.39, 0.29) is 22.3 Å². The number of nitrogens with one attached hydrogen (secondary N) is 1. The molecular weight excluding hydrogens is 570 g/mol. The maximum absolute atomic E-state index is 13.7. The van der Waals surface area contributed by atoms with Crippen molar-refractivity contribution < 1.29 is 24.5 Å². The van der Waals surface area contributed by atoms with Gasteiger partial charge in [-0.1, -0.05) is 48.0 Å². The number of benzene rings is 3. The van der Waals surface area contributed by atoms with Crippen LogP contribution in [0.3, 0.4) is 0 Å². The van der Waals surface area contributed by atoms with Gasteiger partial charge >= 0.3 is 0 Å². The Morgan fingerprint density at radius 1 is 0.978 bits per heavy atom. The predicted octanol–water partition coefficient (Wildman–Crippen LogP) is 4.94. The third-order valence-electron chi connectivity index (χ3n) is 7.42. The lowest BCUT2D eigenvalue weighted by molar-refractivity contribution is -0.0355. The number of carbonyl (C=O) groups is 1. The number of nitrogens with zero attached hydrogens (tertiary/aromatic N) is 2. The lowest BCUT2D eigenvalue weighted by Crippen LogP contribution is -2.30. The quantitative estimate of drug-likeness (QED) is 0.172. The molecule has 3 N–H and O–H groups in total. The molecule has 1 unspecified atom stereocenters. The first-order valence-corrected chi connectivity index (χ1v) is 15.3. The number of phenolic OH excluding ortho intramolecular Hbond substituents is 1. The molecule has 1 heterocycles. The van der Waals surface area contributed by atoms with E-state index in [4.69, 9.17) is 9.47 Å². The van der Waals surface area contributed by atoms with Crippen LogP contribution in [0.2, 0.25) is 0 Å². The van der Waals surface area contributed by atoms with Crippen molar-refractivity contribution in [3.63, 3.8) is 0 Å². The molecule has 9 nitrogen and oxygen atoms in total. The third kappa shape index (κ3) is 9.99. The van der Waals surface area contributed by atoms with Gasteiger partial charge in [-0.2, -0.15) is 0 Å². The van der Waals surface area contributed by atoms with Crippen molar-refractivity contribution in [2.45, 2.75) is 59.0 Å². The summed E-state index contributed by atoms with van der Waals surface area (Å²) < 4.78 is 13.4. The molecule has 1 atom stereocenters. The van der Waals surface area contributed by atoms with Crippen LogP contribution in [0.25, 0.3) is 10.9 Å². The van der Waals surface area contributed by atoms with Crippen LogP contribution >= 0.6 is 0 Å². The minimum absolute atomic E-state index is 0.0685. The van der Waals surface area contributed by atoms with Gasteiger partial charge in [0.05, 0.1) is 37.0 Å². The Bertz CT molecular complexity index is 1620. The number of hydrogen-bond acceptors (Lipinski definition) is 7. The number of hydrogen-bond donors (Lipinski definition) is 3. The molecule has 4 aromatic rings. The van der Waals surface area contributed by atoms with Gasteiger partial charge in [0.2, 0.25) is 5.43 Å². The summed E-state index contributed by atoms with van der Waals surface area (Å²) in [5.41, 5.74) is 3.85. The highest BCUT2D eigenvalue weighted by Crippen LogP contribution is 2.20. The largest absolute Gasteiger partial charge is 0.508 e. The summed E-state index contributed by atoms with van der Waals surface area (Å²) in [4.78, 5) is 29.0. The zero-order valence-electron chi connectivity index (χ0n) is 26.9. The van der Waals surface area contributed by atoms with Crippen molar-refractivity contribution in [2.24, 2.45) is 0 Å². The molecule has 0 bridgehead atoms. The molecule has 0 aliphatic heterocycles. The normalized spacial score (nSPS) is 12.5. The van der Waals surface area contributed by atoms with Gasteiger partial charge in [0.1, 0.15) is 11.3 Å². The molecule has 0 saturated carbocycles. The van der Waals surface area contributed by atoms with Gasteiger partial charge in [0, 0.05) is 37.8 Å². The number of phenols is 1. The zero-order chi connectivity index (χ0) is 32.6. The summed E-state index contributed by atoms with van der Waals surface area (Å²) in [5, 5.41) is 23.6. The van der Waals surface area contributed by atoms with Crippen molar-refractivity contribution in [3.05, 3.63) is 111 Å². The number of pyridine rings is 1. The van der Waals surface area contributed by atoms with E-state index in [9.17, 15) is 19.8 Å². The summed E-state index contributed by atoms with van der Waals surface area (Å²) in [5.74, 6) is -0.291. The Balaban J connectivity index is 1.53. The Hall–Kier alpha value is -4.02. The summed E-state index contributed by atoms with van der Waals surface area (Å²) >= 11 is 0. The fourth-order valence-electron chi connectivity index (χ4n) is 5.02. The Morgan fingerprint density at radius 3 is 2.36 bits per heavy atom. The molecule has 0 fully saturated rings. The van der Waals surface area contributed by atoms with Crippen LogP contribution in [-0.4, -0.2) is 64.6 Å². The van der Waals surface area contributed by atoms with E-state index >= 15 is 0 Å². The summed E-state index contributed by atoms with van der Waals surface area (Å²) in [6.45, 7) is 10.9. The average Bonchev–Trinajstić information content (AvgIpc) is 2.99. The number of aromatic nitrogens is 1. The number of aliphatic hydroxyl groups is 1. The molecule has 3 aromatic carbocycles. The van der Waals surface area contributed by atoms with Crippen LogP contribution in [0, 0.1) is 6.92 Å². The van der Waals surface area contributed by atoms with Crippen LogP contribution in [0.15, 0.2) is 77.7 Å². The molecule has 0 aliphatic rings. The van der Waals surface area contributed by atoms with E-state index in [1.165, 1.54) is 0 Å². The van der Waals surface area contributed by atoms with Gasteiger partial charge in [0.25, 0.3) is 5.91 Å². The van der Waals surface area contributed by atoms with Gasteiger partial charge < -0.3 is 29.6 Å². The smallest absolute Gasteiger partial charge is 0.257 e. The molecule has 0 radical (unpaired) electrons. The number of rotatable bonds is 14. The van der Waals surface area contributed by atoms with Crippen LogP contribution in [0.1, 0.15) is 59.5 Å². The van der Waals surface area contributed by atoms with Gasteiger partial charge in [0.15, 0.2) is 0 Å². The lowest BCUT2D eigenvalue weighted by atomic mass is 10.1. The number of amides is 1. The minimum Gasteiger partial charge on any atom is -0.508 e. The summed E-state index contributed by atoms with van der Waals surface area (Å²) in [6, 6.07) is 20.0. The first-order valence-electron chi connectivity index (χ1n) is 15.3. The second kappa shape index (κ2) is 15.3. The summed E-state index contributed by atoms with van der Waals surface area (Å²) in [7, 11) is 1.89. The first kappa shape index (κ1) is 33.9. The van der Waals surface area contributed by atoms with E-state index < -0.39 is 12.0 Å². The van der Waals surface area contributed by atoms with E-state index in [1.807, 2.05) is 86.7 Å². The number of ether oxygens (including phenoxy) is 2. The maximum Gasteiger partial charge on any atom is 0.257 e. The third-order valence-corrected chi connectivity index (χ3v) is 7.42. The second-order valence-corrected chi connectivity index (χ2v) is 12.5. The van der Waals surface area contributed by atoms with Crippen LogP contribution in [0.5, 0.6) is 5.75 Å². The Labute approximate surface area is 265 Å². The lowest BCUT2D eigenvalue weighted by Gasteiger charge is -2.21. The number of aryl methyl sites for hydroxylation is 1. The molecule has 1 aromatic heterocycles. The van der Waals surface area contributed by atoms with E-state index in [0.717, 1.165) is 16.7 Å². The monoisotopic (exact) mass is 615 g/mol. The molecular formula is C36H45N3O6. The number of carbonyl (C=O) groups excluding carboxylic acids is 1. The number of aliphatic hydroxyl groups excluding tert-OH is 1. The number of likely N-dealkylation sites (N-methyl/N-ethyl adjacent to an activating group) is 1.